The predicted molar refractivity (Wildman–Crippen MR) is 47.9 cm³/mol. The summed E-state index contributed by atoms with van der Waals surface area (Å²) >= 11 is 0. The Kier molecular flexibility index (Phi) is 1.92. The summed E-state index contributed by atoms with van der Waals surface area (Å²) in [5, 5.41) is 0. The van der Waals surface area contributed by atoms with E-state index in [1.54, 1.807) is 0 Å². The topological polar surface area (TPSA) is 3.24 Å². The third-order valence-electron chi connectivity index (χ3n) is 3.83. The van der Waals surface area contributed by atoms with Gasteiger partial charge >= 0.3 is 0 Å². The molecule has 13 heavy (non-hydrogen) atoms. The van der Waals surface area contributed by atoms with Gasteiger partial charge in [-0.2, -0.15) is 0 Å². The van der Waals surface area contributed by atoms with E-state index in [0.29, 0.717) is 13.0 Å². The highest BCUT2D eigenvalue weighted by Crippen LogP contribution is 2.52. The number of rotatable bonds is 1. The second-order valence-corrected chi connectivity index (χ2v) is 4.62. The molecule has 0 bridgehead atoms. The van der Waals surface area contributed by atoms with Crippen molar-refractivity contribution in [3.05, 3.63) is 0 Å². The van der Waals surface area contributed by atoms with E-state index in [1.165, 1.54) is 0 Å². The van der Waals surface area contributed by atoms with Crippen molar-refractivity contribution in [1.82, 2.24) is 4.90 Å². The van der Waals surface area contributed by atoms with Gasteiger partial charge in [0, 0.05) is 13.0 Å². The molecular formula is C10H17F2N. The molecule has 2 aliphatic heterocycles. The van der Waals surface area contributed by atoms with Crippen LogP contribution in [-0.4, -0.2) is 29.5 Å². The van der Waals surface area contributed by atoms with E-state index in [-0.39, 0.29) is 12.3 Å². The monoisotopic (exact) mass is 189 g/mol. The number of hydrogen-bond acceptors (Lipinski definition) is 1. The van der Waals surface area contributed by atoms with Crippen LogP contribution in [0.15, 0.2) is 0 Å². The lowest BCUT2D eigenvalue weighted by Gasteiger charge is -2.40. The van der Waals surface area contributed by atoms with Crippen LogP contribution in [0.25, 0.3) is 0 Å². The van der Waals surface area contributed by atoms with Crippen molar-refractivity contribution in [2.75, 3.05) is 13.1 Å². The molecular weight excluding hydrogens is 172 g/mol. The van der Waals surface area contributed by atoms with Crippen LogP contribution >= 0.6 is 0 Å². The Bertz CT molecular complexity index is 215. The largest absolute Gasteiger partial charge is 0.292 e. The summed E-state index contributed by atoms with van der Waals surface area (Å²) in [6, 6.07) is 0. The Morgan fingerprint density at radius 3 is 2.38 bits per heavy atom. The molecule has 0 radical (unpaired) electrons. The van der Waals surface area contributed by atoms with Crippen molar-refractivity contribution in [3.8, 4) is 0 Å². The quantitative estimate of drug-likeness (QED) is 0.612. The average Bonchev–Trinajstić information content (AvgIpc) is 2.52. The first-order valence-corrected chi connectivity index (χ1v) is 5.13. The molecule has 0 amide bonds. The highest BCUT2D eigenvalue weighted by molar-refractivity contribution is 5.11. The minimum atomic E-state index is -2.46. The number of fused-ring (bicyclic) bond motifs is 1. The number of halogens is 2. The van der Waals surface area contributed by atoms with Gasteiger partial charge in [-0.15, -0.1) is 0 Å². The van der Waals surface area contributed by atoms with Gasteiger partial charge in [0.05, 0.1) is 5.54 Å². The molecule has 0 aromatic carbocycles. The number of hydrogen-bond donors (Lipinski definition) is 0. The van der Waals surface area contributed by atoms with Crippen LogP contribution in [-0.2, 0) is 0 Å². The zero-order valence-corrected chi connectivity index (χ0v) is 8.32. The molecule has 0 N–H and O–H groups in total. The zero-order chi connectivity index (χ0) is 9.69. The smallest absolute Gasteiger partial charge is 0.267 e. The maximum atomic E-state index is 13.8. The fourth-order valence-corrected chi connectivity index (χ4v) is 3.19. The molecule has 76 valence electrons. The summed E-state index contributed by atoms with van der Waals surface area (Å²) in [5.74, 6) is -2.40. The standard InChI is InChI=1S/C10H17F2N/c1-8(2)9-4-3-6-13(9)7-5-10(9,11)12/h8H,3-7H2,1-2H3. The summed E-state index contributed by atoms with van der Waals surface area (Å²) < 4.78 is 27.5. The lowest BCUT2D eigenvalue weighted by molar-refractivity contribution is -0.105. The van der Waals surface area contributed by atoms with Crippen LogP contribution in [0.4, 0.5) is 8.78 Å². The lowest BCUT2D eigenvalue weighted by Crippen LogP contribution is -2.53. The molecule has 0 spiro atoms. The minimum absolute atomic E-state index is 0.0607. The van der Waals surface area contributed by atoms with Gasteiger partial charge in [-0.05, 0) is 25.3 Å². The van der Waals surface area contributed by atoms with Crippen LogP contribution in [0.2, 0.25) is 0 Å². The van der Waals surface area contributed by atoms with Crippen LogP contribution in [0.1, 0.15) is 33.1 Å². The first kappa shape index (κ1) is 9.38. The van der Waals surface area contributed by atoms with E-state index in [4.69, 9.17) is 0 Å². The molecule has 0 aromatic heterocycles. The van der Waals surface area contributed by atoms with Gasteiger partial charge in [0.1, 0.15) is 0 Å². The molecule has 2 fully saturated rings. The zero-order valence-electron chi connectivity index (χ0n) is 8.32. The first-order valence-electron chi connectivity index (χ1n) is 5.13. The molecule has 0 aliphatic carbocycles. The summed E-state index contributed by atoms with van der Waals surface area (Å²) in [6.45, 7) is 5.31. The van der Waals surface area contributed by atoms with Crippen molar-refractivity contribution in [2.24, 2.45) is 5.92 Å². The summed E-state index contributed by atoms with van der Waals surface area (Å²) in [7, 11) is 0. The first-order chi connectivity index (χ1) is 6.01. The minimum Gasteiger partial charge on any atom is -0.292 e. The van der Waals surface area contributed by atoms with Crippen molar-refractivity contribution < 1.29 is 8.78 Å². The predicted octanol–water partition coefficient (Wildman–Crippen LogP) is 2.52. The maximum absolute atomic E-state index is 13.8. The molecule has 1 nitrogen and oxygen atoms in total. The van der Waals surface area contributed by atoms with E-state index in [2.05, 4.69) is 0 Å². The van der Waals surface area contributed by atoms with E-state index in [1.807, 2.05) is 18.7 Å². The van der Waals surface area contributed by atoms with Crippen molar-refractivity contribution in [3.63, 3.8) is 0 Å². The van der Waals surface area contributed by atoms with Gasteiger partial charge < -0.3 is 0 Å². The molecule has 2 aliphatic rings. The third kappa shape index (κ3) is 0.997. The molecule has 2 rings (SSSR count). The van der Waals surface area contributed by atoms with Gasteiger partial charge in [0.15, 0.2) is 0 Å². The summed E-state index contributed by atoms with van der Waals surface area (Å²) in [6.07, 6.45) is 1.68. The summed E-state index contributed by atoms with van der Waals surface area (Å²) in [5.41, 5.74) is -0.799. The second-order valence-electron chi connectivity index (χ2n) is 4.62. The van der Waals surface area contributed by atoms with Gasteiger partial charge in [0.25, 0.3) is 5.92 Å². The maximum Gasteiger partial charge on any atom is 0.267 e. The van der Waals surface area contributed by atoms with E-state index >= 15 is 0 Å². The van der Waals surface area contributed by atoms with Crippen LogP contribution in [0.5, 0.6) is 0 Å². The van der Waals surface area contributed by atoms with Crippen molar-refractivity contribution in [1.29, 1.82) is 0 Å². The molecule has 0 saturated carbocycles. The molecule has 1 atom stereocenters. The SMILES string of the molecule is CC(C)C12CCCN1CCC2(F)F. The highest BCUT2D eigenvalue weighted by Gasteiger charge is 2.64. The van der Waals surface area contributed by atoms with Crippen molar-refractivity contribution in [2.45, 2.75) is 44.6 Å². The molecule has 0 aromatic rings. The van der Waals surface area contributed by atoms with E-state index < -0.39 is 11.5 Å². The Labute approximate surface area is 78.1 Å². The summed E-state index contributed by atoms with van der Waals surface area (Å²) in [4.78, 5) is 2.01. The normalized spacial score (nSPS) is 38.5. The van der Waals surface area contributed by atoms with Crippen molar-refractivity contribution >= 4 is 0 Å². The Morgan fingerprint density at radius 2 is 1.85 bits per heavy atom. The fourth-order valence-electron chi connectivity index (χ4n) is 3.19. The molecule has 2 saturated heterocycles. The second kappa shape index (κ2) is 2.66. The van der Waals surface area contributed by atoms with Gasteiger partial charge in [-0.3, -0.25) is 4.90 Å². The molecule has 3 heteroatoms. The molecule has 1 unspecified atom stereocenters. The highest BCUT2D eigenvalue weighted by atomic mass is 19.3. The Morgan fingerprint density at radius 1 is 1.15 bits per heavy atom. The van der Waals surface area contributed by atoms with E-state index in [0.717, 1.165) is 13.0 Å². The van der Waals surface area contributed by atoms with Crippen LogP contribution < -0.4 is 0 Å². The fraction of sp³-hybridized carbons (Fsp3) is 1.00. The van der Waals surface area contributed by atoms with Crippen LogP contribution in [0, 0.1) is 5.92 Å². The molecule has 2 heterocycles. The van der Waals surface area contributed by atoms with Gasteiger partial charge in [0.2, 0.25) is 0 Å². The van der Waals surface area contributed by atoms with Gasteiger partial charge in [-0.25, -0.2) is 8.78 Å². The average molecular weight is 189 g/mol. The third-order valence-corrected chi connectivity index (χ3v) is 3.83. The number of alkyl halides is 2. The Hall–Kier alpha value is -0.180. The van der Waals surface area contributed by atoms with Gasteiger partial charge in [-0.1, -0.05) is 13.8 Å². The van der Waals surface area contributed by atoms with Crippen LogP contribution in [0.3, 0.4) is 0 Å². The lowest BCUT2D eigenvalue weighted by atomic mass is 9.80. The Balaban J connectivity index is 2.37. The van der Waals surface area contributed by atoms with E-state index in [9.17, 15) is 8.78 Å². The number of nitrogens with zero attached hydrogens (tertiary/aromatic N) is 1.